The molecule has 0 saturated heterocycles. The van der Waals surface area contributed by atoms with Crippen LogP contribution in [0.15, 0.2) is 23.4 Å². The van der Waals surface area contributed by atoms with Crippen molar-refractivity contribution in [3.63, 3.8) is 0 Å². The molecule has 62 valence electrons. The molecule has 0 saturated carbocycles. The Morgan fingerprint density at radius 3 is 3.00 bits per heavy atom. The first-order chi connectivity index (χ1) is 5.90. The zero-order valence-electron chi connectivity index (χ0n) is 6.62. The quantitative estimate of drug-likeness (QED) is 0.625. The fourth-order valence-electron chi connectivity index (χ4n) is 1.40. The summed E-state index contributed by atoms with van der Waals surface area (Å²) in [5, 5.41) is 2.84. The van der Waals surface area contributed by atoms with E-state index >= 15 is 0 Å². The number of nitrogens with zero attached hydrogens (tertiary/aromatic N) is 1. The van der Waals surface area contributed by atoms with Gasteiger partial charge in [-0.25, -0.2) is 0 Å². The molecule has 0 fully saturated rings. The lowest BCUT2D eigenvalue weighted by atomic mass is 10.1. The van der Waals surface area contributed by atoms with E-state index in [1.54, 1.807) is 0 Å². The van der Waals surface area contributed by atoms with E-state index in [1.165, 1.54) is 11.1 Å². The molecule has 1 aliphatic rings. The van der Waals surface area contributed by atoms with Crippen LogP contribution in [0.4, 0.5) is 0 Å². The first kappa shape index (κ1) is 7.43. The molecule has 0 radical (unpaired) electrons. The lowest BCUT2D eigenvalue weighted by Crippen LogP contribution is -1.86. The highest BCUT2D eigenvalue weighted by atomic mass is 16.5. The van der Waals surface area contributed by atoms with Gasteiger partial charge in [0.15, 0.2) is 0 Å². The second kappa shape index (κ2) is 3.03. The number of rotatable bonds is 2. The second-order valence-electron chi connectivity index (χ2n) is 2.88. The summed E-state index contributed by atoms with van der Waals surface area (Å²) in [4.78, 5) is 9.99. The van der Waals surface area contributed by atoms with E-state index in [9.17, 15) is 4.91 Å². The van der Waals surface area contributed by atoms with Gasteiger partial charge in [0.2, 0.25) is 0 Å². The fourth-order valence-corrected chi connectivity index (χ4v) is 1.40. The molecule has 0 aromatic heterocycles. The Kier molecular flexibility index (Phi) is 1.87. The van der Waals surface area contributed by atoms with Crippen molar-refractivity contribution in [2.45, 2.75) is 19.8 Å². The van der Waals surface area contributed by atoms with Crippen molar-refractivity contribution >= 4 is 0 Å². The summed E-state index contributed by atoms with van der Waals surface area (Å²) in [5.41, 5.74) is 3.38. The molecular formula is C9H9NO2. The summed E-state index contributed by atoms with van der Waals surface area (Å²) in [6.45, 7) is 1.62. The summed E-state index contributed by atoms with van der Waals surface area (Å²) in [7, 11) is 0. The number of ether oxygens (including phenoxy) is 1. The van der Waals surface area contributed by atoms with Crippen LogP contribution in [0.2, 0.25) is 0 Å². The van der Waals surface area contributed by atoms with Gasteiger partial charge in [0.25, 0.3) is 0 Å². The number of fused-ring (bicyclic) bond motifs is 1. The molecule has 1 aliphatic heterocycles. The first-order valence-electron chi connectivity index (χ1n) is 3.87. The smallest absolute Gasteiger partial charge is 0.106 e. The average Bonchev–Trinajstić information content (AvgIpc) is 2.51. The van der Waals surface area contributed by atoms with E-state index in [2.05, 4.69) is 5.18 Å². The molecule has 1 heterocycles. The maximum absolute atomic E-state index is 9.99. The van der Waals surface area contributed by atoms with Crippen molar-refractivity contribution in [1.29, 1.82) is 0 Å². The maximum atomic E-state index is 9.99. The highest BCUT2D eigenvalue weighted by Crippen LogP contribution is 2.20. The third-order valence-corrected chi connectivity index (χ3v) is 2.03. The Morgan fingerprint density at radius 1 is 1.33 bits per heavy atom. The second-order valence-corrected chi connectivity index (χ2v) is 2.88. The van der Waals surface area contributed by atoms with Gasteiger partial charge in [-0.15, -0.1) is 0 Å². The highest BCUT2D eigenvalue weighted by molar-refractivity contribution is 5.33. The van der Waals surface area contributed by atoms with Crippen LogP contribution < -0.4 is 0 Å². The minimum absolute atomic E-state index is 0.257. The number of hydrogen-bond acceptors (Lipinski definition) is 3. The van der Waals surface area contributed by atoms with Gasteiger partial charge in [0, 0.05) is 0 Å². The van der Waals surface area contributed by atoms with Crippen LogP contribution in [0.1, 0.15) is 16.7 Å². The van der Waals surface area contributed by atoms with Gasteiger partial charge in [0.05, 0.1) is 13.2 Å². The molecule has 0 aliphatic carbocycles. The molecule has 1 aromatic rings. The zero-order valence-corrected chi connectivity index (χ0v) is 6.62. The summed E-state index contributed by atoms with van der Waals surface area (Å²) in [6.07, 6.45) is 0. The zero-order chi connectivity index (χ0) is 8.39. The van der Waals surface area contributed by atoms with Crippen molar-refractivity contribution < 1.29 is 4.74 Å². The Morgan fingerprint density at radius 2 is 2.17 bits per heavy atom. The molecule has 12 heavy (non-hydrogen) atoms. The Labute approximate surface area is 70.3 Å². The third-order valence-electron chi connectivity index (χ3n) is 2.03. The molecule has 0 amide bonds. The molecule has 0 spiro atoms. The molecule has 2 rings (SSSR count). The van der Waals surface area contributed by atoms with Crippen LogP contribution in [0.25, 0.3) is 0 Å². The maximum Gasteiger partial charge on any atom is 0.106 e. The molecule has 0 bridgehead atoms. The van der Waals surface area contributed by atoms with Crippen molar-refractivity contribution in [2.75, 3.05) is 0 Å². The van der Waals surface area contributed by atoms with E-state index in [0.29, 0.717) is 13.2 Å². The van der Waals surface area contributed by atoms with Gasteiger partial charge < -0.3 is 4.74 Å². The number of nitroso groups, excluding NO2 is 1. The Balaban J connectivity index is 2.32. The van der Waals surface area contributed by atoms with Crippen molar-refractivity contribution in [2.24, 2.45) is 5.18 Å². The highest BCUT2D eigenvalue weighted by Gasteiger charge is 2.10. The predicted octanol–water partition coefficient (Wildman–Crippen LogP) is 1.98. The molecule has 3 nitrogen and oxygen atoms in total. The molecular weight excluding hydrogens is 154 g/mol. The minimum atomic E-state index is 0.257. The van der Waals surface area contributed by atoms with Crippen molar-refractivity contribution in [1.82, 2.24) is 0 Å². The van der Waals surface area contributed by atoms with Crippen LogP contribution in [-0.4, -0.2) is 0 Å². The number of hydrogen-bond donors (Lipinski definition) is 0. The van der Waals surface area contributed by atoms with Crippen LogP contribution >= 0.6 is 0 Å². The first-order valence-corrected chi connectivity index (χ1v) is 3.87. The summed E-state index contributed by atoms with van der Waals surface area (Å²) in [6, 6.07) is 5.92. The molecule has 0 unspecified atom stereocenters. The molecule has 0 N–H and O–H groups in total. The van der Waals surface area contributed by atoms with E-state index in [1.807, 2.05) is 18.2 Å². The van der Waals surface area contributed by atoms with E-state index in [0.717, 1.165) is 5.56 Å². The van der Waals surface area contributed by atoms with Crippen LogP contribution in [0.5, 0.6) is 0 Å². The van der Waals surface area contributed by atoms with Gasteiger partial charge in [0.1, 0.15) is 6.54 Å². The van der Waals surface area contributed by atoms with E-state index in [4.69, 9.17) is 4.74 Å². The molecule has 3 heteroatoms. The van der Waals surface area contributed by atoms with Gasteiger partial charge >= 0.3 is 0 Å². The van der Waals surface area contributed by atoms with Gasteiger partial charge in [-0.1, -0.05) is 23.4 Å². The third kappa shape index (κ3) is 1.23. The molecule has 0 atom stereocenters. The van der Waals surface area contributed by atoms with Crippen LogP contribution in [0.3, 0.4) is 0 Å². The fraction of sp³-hybridized carbons (Fsp3) is 0.333. The largest absolute Gasteiger partial charge is 0.372 e. The predicted molar refractivity (Wildman–Crippen MR) is 44.4 cm³/mol. The molecule has 1 aromatic carbocycles. The topological polar surface area (TPSA) is 38.7 Å². The summed E-state index contributed by atoms with van der Waals surface area (Å²) in [5.74, 6) is 0. The lowest BCUT2D eigenvalue weighted by Gasteiger charge is -1.98. The summed E-state index contributed by atoms with van der Waals surface area (Å²) >= 11 is 0. The van der Waals surface area contributed by atoms with Crippen LogP contribution in [0, 0.1) is 4.91 Å². The summed E-state index contributed by atoms with van der Waals surface area (Å²) < 4.78 is 5.24. The minimum Gasteiger partial charge on any atom is -0.372 e. The van der Waals surface area contributed by atoms with E-state index < -0.39 is 0 Å². The number of benzene rings is 1. The lowest BCUT2D eigenvalue weighted by molar-refractivity contribution is 0.134. The van der Waals surface area contributed by atoms with Gasteiger partial charge in [-0.05, 0) is 16.7 Å². The Bertz CT molecular complexity index is 309. The van der Waals surface area contributed by atoms with Crippen molar-refractivity contribution in [3.05, 3.63) is 39.8 Å². The van der Waals surface area contributed by atoms with Crippen LogP contribution in [-0.2, 0) is 24.5 Å². The van der Waals surface area contributed by atoms with Crippen molar-refractivity contribution in [3.8, 4) is 0 Å². The normalized spacial score (nSPS) is 14.3. The SMILES string of the molecule is O=NCc1ccc2c(c1)COC2. The van der Waals surface area contributed by atoms with Gasteiger partial charge in [-0.2, -0.15) is 4.91 Å². The van der Waals surface area contributed by atoms with Gasteiger partial charge in [-0.3, -0.25) is 0 Å². The average molecular weight is 163 g/mol. The standard InChI is InChI=1S/C9H9NO2/c11-10-4-7-1-2-8-5-12-6-9(8)3-7/h1-3H,4-6H2. The Hall–Kier alpha value is -1.22. The monoisotopic (exact) mass is 163 g/mol. The van der Waals surface area contributed by atoms with E-state index in [-0.39, 0.29) is 6.54 Å².